The maximum Gasteiger partial charge on any atom is 0.237 e. The Hall–Kier alpha value is -0.0300. The van der Waals surface area contributed by atoms with Gasteiger partial charge in [-0.05, 0) is 51.2 Å². The van der Waals surface area contributed by atoms with E-state index in [0.29, 0.717) is 12.5 Å². The summed E-state index contributed by atoms with van der Waals surface area (Å²) < 4.78 is 0. The van der Waals surface area contributed by atoms with Crippen molar-refractivity contribution in [2.75, 3.05) is 26.2 Å². The molecule has 4 nitrogen and oxygen atoms in total. The number of rotatable bonds is 7. The summed E-state index contributed by atoms with van der Waals surface area (Å²) in [5.41, 5.74) is 5.45. The Balaban J connectivity index is 0. The lowest BCUT2D eigenvalue weighted by atomic mass is 9.98. The molecular formula is C14H31Cl2N3O. The quantitative estimate of drug-likeness (QED) is 0.705. The molecule has 20 heavy (non-hydrogen) atoms. The van der Waals surface area contributed by atoms with Gasteiger partial charge >= 0.3 is 0 Å². The highest BCUT2D eigenvalue weighted by atomic mass is 35.5. The van der Waals surface area contributed by atoms with Gasteiger partial charge in [-0.1, -0.05) is 20.3 Å². The molecule has 1 aliphatic heterocycles. The number of nitrogens with one attached hydrogen (secondary N) is 1. The first-order valence-corrected chi connectivity index (χ1v) is 7.38. The molecule has 1 aliphatic rings. The largest absolute Gasteiger partial charge is 0.355 e. The third-order valence-corrected chi connectivity index (χ3v) is 3.61. The Morgan fingerprint density at radius 3 is 2.25 bits per heavy atom. The summed E-state index contributed by atoms with van der Waals surface area (Å²) >= 11 is 0. The highest BCUT2D eigenvalue weighted by Crippen LogP contribution is 2.17. The molecule has 3 N–H and O–H groups in total. The van der Waals surface area contributed by atoms with E-state index >= 15 is 0 Å². The molecule has 1 fully saturated rings. The summed E-state index contributed by atoms with van der Waals surface area (Å²) in [7, 11) is 0. The highest BCUT2D eigenvalue weighted by Gasteiger charge is 2.29. The van der Waals surface area contributed by atoms with E-state index in [4.69, 9.17) is 5.73 Å². The van der Waals surface area contributed by atoms with Crippen molar-refractivity contribution in [3.05, 3.63) is 0 Å². The van der Waals surface area contributed by atoms with Gasteiger partial charge in [-0.15, -0.1) is 24.8 Å². The molecular weight excluding hydrogens is 297 g/mol. The van der Waals surface area contributed by atoms with E-state index in [1.54, 1.807) is 0 Å². The molecule has 6 heteroatoms. The first-order valence-electron chi connectivity index (χ1n) is 7.38. The molecule has 0 aromatic carbocycles. The Morgan fingerprint density at radius 1 is 1.15 bits per heavy atom. The van der Waals surface area contributed by atoms with Crippen molar-refractivity contribution in [3.63, 3.8) is 0 Å². The normalized spacial score (nSPS) is 17.0. The van der Waals surface area contributed by atoms with Crippen LogP contribution in [-0.4, -0.2) is 43.0 Å². The number of halogens is 2. The average Bonchev–Trinajstić information content (AvgIpc) is 2.36. The van der Waals surface area contributed by atoms with E-state index in [2.05, 4.69) is 24.1 Å². The number of unbranched alkanes of at least 4 members (excludes halogenated alkanes) is 1. The third kappa shape index (κ3) is 7.67. The lowest BCUT2D eigenvalue weighted by Gasteiger charge is -2.35. The zero-order valence-corrected chi connectivity index (χ0v) is 14.4. The molecule has 1 saturated heterocycles. The van der Waals surface area contributed by atoms with Crippen molar-refractivity contribution >= 4 is 30.7 Å². The first kappa shape index (κ1) is 22.3. The fourth-order valence-electron chi connectivity index (χ4n) is 2.67. The van der Waals surface area contributed by atoms with Crippen LogP contribution >= 0.6 is 24.8 Å². The van der Waals surface area contributed by atoms with Crippen molar-refractivity contribution in [2.45, 2.75) is 52.0 Å². The van der Waals surface area contributed by atoms with Crippen LogP contribution in [0.5, 0.6) is 0 Å². The number of hydrogen-bond donors (Lipinski definition) is 2. The molecule has 1 unspecified atom stereocenters. The second-order valence-corrected chi connectivity index (χ2v) is 5.57. The number of piperidine rings is 1. The number of carbonyl (C=O) groups excluding carboxylic acids is 1. The van der Waals surface area contributed by atoms with E-state index in [1.165, 1.54) is 19.3 Å². The van der Waals surface area contributed by atoms with Gasteiger partial charge in [0.2, 0.25) is 5.91 Å². The molecule has 0 bridgehead atoms. The lowest BCUT2D eigenvalue weighted by molar-refractivity contribution is -0.128. The van der Waals surface area contributed by atoms with Gasteiger partial charge in [0.05, 0.1) is 6.04 Å². The summed E-state index contributed by atoms with van der Waals surface area (Å²) in [6.45, 7) is 7.87. The number of hydrogen-bond acceptors (Lipinski definition) is 3. The van der Waals surface area contributed by atoms with Crippen molar-refractivity contribution in [1.82, 2.24) is 10.2 Å². The van der Waals surface area contributed by atoms with Crippen LogP contribution in [0, 0.1) is 5.92 Å². The summed E-state index contributed by atoms with van der Waals surface area (Å²) in [6, 6.07) is 0.0446. The van der Waals surface area contributed by atoms with Gasteiger partial charge < -0.3 is 11.1 Å². The number of likely N-dealkylation sites (tertiary alicyclic amines) is 1. The molecule has 1 heterocycles. The number of nitrogens with two attached hydrogens (primary N) is 1. The number of nitrogens with zero attached hydrogens (tertiary/aromatic N) is 1. The van der Waals surface area contributed by atoms with Crippen LogP contribution < -0.4 is 11.1 Å². The van der Waals surface area contributed by atoms with E-state index in [-0.39, 0.29) is 36.8 Å². The van der Waals surface area contributed by atoms with Crippen LogP contribution in [-0.2, 0) is 4.79 Å². The summed E-state index contributed by atoms with van der Waals surface area (Å²) in [4.78, 5) is 14.6. The van der Waals surface area contributed by atoms with Crippen LogP contribution in [0.1, 0.15) is 46.0 Å². The maximum absolute atomic E-state index is 12.3. The molecule has 122 valence electrons. The Kier molecular flexibility index (Phi) is 14.1. The minimum absolute atomic E-state index is 0. The van der Waals surface area contributed by atoms with Gasteiger partial charge in [0.15, 0.2) is 0 Å². The summed E-state index contributed by atoms with van der Waals surface area (Å²) in [5.74, 6) is 0.571. The van der Waals surface area contributed by atoms with Crippen molar-refractivity contribution in [3.8, 4) is 0 Å². The molecule has 0 aromatic heterocycles. The van der Waals surface area contributed by atoms with Gasteiger partial charge in [0.1, 0.15) is 0 Å². The predicted octanol–water partition coefficient (Wildman–Crippen LogP) is 2.20. The van der Waals surface area contributed by atoms with Gasteiger partial charge in [0, 0.05) is 6.54 Å². The fourth-order valence-corrected chi connectivity index (χ4v) is 2.67. The summed E-state index contributed by atoms with van der Waals surface area (Å²) in [6.07, 6.45) is 5.72. The van der Waals surface area contributed by atoms with E-state index in [9.17, 15) is 4.79 Å². The zero-order valence-electron chi connectivity index (χ0n) is 12.8. The smallest absolute Gasteiger partial charge is 0.237 e. The molecule has 0 radical (unpaired) electrons. The molecule has 0 aromatic rings. The molecule has 1 rings (SSSR count). The average molecular weight is 328 g/mol. The molecule has 1 atom stereocenters. The maximum atomic E-state index is 12.3. The topological polar surface area (TPSA) is 58.4 Å². The standard InChI is InChI=1S/C14H29N3O.2ClH/c1-12(2)13(17-10-6-3-7-11-17)14(18)16-9-5-4-8-15;;/h12-13H,3-11,15H2,1-2H3,(H,16,18);2*1H. The van der Waals surface area contributed by atoms with Gasteiger partial charge in [0.25, 0.3) is 0 Å². The van der Waals surface area contributed by atoms with Crippen LogP contribution in [0.3, 0.4) is 0 Å². The first-order chi connectivity index (χ1) is 8.66. The zero-order chi connectivity index (χ0) is 13.4. The third-order valence-electron chi connectivity index (χ3n) is 3.61. The minimum atomic E-state index is 0. The number of amides is 1. The van der Waals surface area contributed by atoms with Crippen molar-refractivity contribution in [2.24, 2.45) is 11.7 Å². The number of carbonyl (C=O) groups is 1. The Labute approximate surface area is 136 Å². The van der Waals surface area contributed by atoms with Crippen LogP contribution in [0.2, 0.25) is 0 Å². The Bertz CT molecular complexity index is 247. The van der Waals surface area contributed by atoms with E-state index < -0.39 is 0 Å². The van der Waals surface area contributed by atoms with Gasteiger partial charge in [-0.2, -0.15) is 0 Å². The molecule has 1 amide bonds. The Morgan fingerprint density at radius 2 is 1.75 bits per heavy atom. The summed E-state index contributed by atoms with van der Waals surface area (Å²) in [5, 5.41) is 3.06. The monoisotopic (exact) mass is 327 g/mol. The second-order valence-electron chi connectivity index (χ2n) is 5.57. The molecule has 0 aliphatic carbocycles. The van der Waals surface area contributed by atoms with Gasteiger partial charge in [-0.25, -0.2) is 0 Å². The van der Waals surface area contributed by atoms with E-state index in [1.807, 2.05) is 0 Å². The molecule has 0 spiro atoms. The second kappa shape index (κ2) is 12.7. The van der Waals surface area contributed by atoms with E-state index in [0.717, 1.165) is 32.5 Å². The van der Waals surface area contributed by atoms with Gasteiger partial charge in [-0.3, -0.25) is 9.69 Å². The van der Waals surface area contributed by atoms with Crippen LogP contribution in [0.25, 0.3) is 0 Å². The predicted molar refractivity (Wildman–Crippen MR) is 89.8 cm³/mol. The van der Waals surface area contributed by atoms with Crippen molar-refractivity contribution < 1.29 is 4.79 Å². The SMILES string of the molecule is CC(C)C(C(=O)NCCCCN)N1CCCCC1.Cl.Cl. The highest BCUT2D eigenvalue weighted by molar-refractivity contribution is 5.85. The molecule has 0 saturated carbocycles. The lowest BCUT2D eigenvalue weighted by Crippen LogP contribution is -2.51. The van der Waals surface area contributed by atoms with Crippen LogP contribution in [0.15, 0.2) is 0 Å². The fraction of sp³-hybridized carbons (Fsp3) is 0.929. The minimum Gasteiger partial charge on any atom is -0.355 e. The van der Waals surface area contributed by atoms with Crippen molar-refractivity contribution in [1.29, 1.82) is 0 Å². The van der Waals surface area contributed by atoms with Crippen LogP contribution in [0.4, 0.5) is 0 Å².